The monoisotopic (exact) mass is 452 g/mol. The summed E-state index contributed by atoms with van der Waals surface area (Å²) in [6.07, 6.45) is 1.23. The van der Waals surface area contributed by atoms with Crippen LogP contribution in [0.2, 0.25) is 0 Å². The molecule has 0 N–H and O–H groups in total. The molecule has 3 nitrogen and oxygen atoms in total. The lowest BCUT2D eigenvalue weighted by Gasteiger charge is -2.11. The lowest BCUT2D eigenvalue weighted by molar-refractivity contribution is 0.589. The van der Waals surface area contributed by atoms with Crippen molar-refractivity contribution < 1.29 is 12.6 Å². The molecule has 3 aromatic carbocycles. The van der Waals surface area contributed by atoms with Crippen molar-refractivity contribution in [2.24, 2.45) is 0 Å². The molecule has 152 valence electrons. The third-order valence-corrected chi connectivity index (χ3v) is 11.5. The van der Waals surface area contributed by atoms with Gasteiger partial charge in [0.05, 0.1) is 26.2 Å². The molecule has 0 amide bonds. The van der Waals surface area contributed by atoms with Crippen molar-refractivity contribution >= 4 is 32.4 Å². The molecule has 0 radical (unpaired) electrons. The van der Waals surface area contributed by atoms with Crippen LogP contribution in [-0.4, -0.2) is 12.6 Å². The summed E-state index contributed by atoms with van der Waals surface area (Å²) < 4.78 is 39.6. The average Bonchev–Trinajstić information content (AvgIpc) is 3.42. The highest BCUT2D eigenvalue weighted by atomic mass is 32.2. The molecule has 6 rings (SSSR count). The summed E-state index contributed by atoms with van der Waals surface area (Å²) >= 11 is 1.87. The number of sulfone groups is 1. The molecule has 3 aliphatic heterocycles. The van der Waals surface area contributed by atoms with E-state index in [1.54, 1.807) is 6.07 Å². The molecule has 3 heterocycles. The summed E-state index contributed by atoms with van der Waals surface area (Å²) in [5, 5.41) is -0.628. The van der Waals surface area contributed by atoms with E-state index < -0.39 is 25.9 Å². The fourth-order valence-corrected chi connectivity index (χ4v) is 9.65. The Morgan fingerprint density at radius 1 is 0.800 bits per heavy atom. The van der Waals surface area contributed by atoms with E-state index in [9.17, 15) is 12.6 Å². The van der Waals surface area contributed by atoms with Gasteiger partial charge in [-0.25, -0.2) is 8.42 Å². The standard InChI is InChI=1S/C24H20O3S3/c25-29-21-4-2-1-3-15(21)11-22(29)16-7-8-23-19(9-16)12-24(30(23,26)27)17-5-6-18-13-28-14-20(18)10-17/h1-10,22,24H,11-14H2. The molecule has 6 heteroatoms. The summed E-state index contributed by atoms with van der Waals surface area (Å²) in [6.45, 7) is 0. The third-order valence-electron chi connectivity index (χ3n) is 6.51. The minimum atomic E-state index is -3.41. The Kier molecular flexibility index (Phi) is 4.28. The molecule has 30 heavy (non-hydrogen) atoms. The van der Waals surface area contributed by atoms with Crippen LogP contribution in [0, 0.1) is 0 Å². The van der Waals surface area contributed by atoms with Crippen molar-refractivity contribution in [2.45, 2.75) is 44.6 Å². The molecule has 0 spiro atoms. The molecule has 0 bridgehead atoms. The fraction of sp³-hybridized carbons (Fsp3) is 0.250. The van der Waals surface area contributed by atoms with Gasteiger partial charge < -0.3 is 0 Å². The SMILES string of the molecule is O=S1c2ccccc2CC1c1ccc2c(c1)CC(c1ccc3c(c1)CSC3)S2(=O)=O. The number of thioether (sulfide) groups is 1. The highest BCUT2D eigenvalue weighted by molar-refractivity contribution is 7.98. The maximum atomic E-state index is 13.3. The van der Waals surface area contributed by atoms with Gasteiger partial charge in [0.2, 0.25) is 0 Å². The van der Waals surface area contributed by atoms with Crippen molar-refractivity contribution in [1.82, 2.24) is 0 Å². The zero-order valence-corrected chi connectivity index (χ0v) is 18.7. The largest absolute Gasteiger partial charge is 0.254 e. The topological polar surface area (TPSA) is 51.2 Å². The van der Waals surface area contributed by atoms with E-state index in [0.717, 1.165) is 45.1 Å². The van der Waals surface area contributed by atoms with Crippen LogP contribution >= 0.6 is 11.8 Å². The van der Waals surface area contributed by atoms with E-state index in [2.05, 4.69) is 12.1 Å². The first-order valence-electron chi connectivity index (χ1n) is 10.1. The Labute approximate surface area is 183 Å². The quantitative estimate of drug-likeness (QED) is 0.554. The molecule has 3 aromatic rings. The molecule has 3 unspecified atom stereocenters. The molecule has 0 fully saturated rings. The first-order chi connectivity index (χ1) is 14.5. The lowest BCUT2D eigenvalue weighted by atomic mass is 9.98. The van der Waals surface area contributed by atoms with Crippen molar-refractivity contribution in [3.63, 3.8) is 0 Å². The van der Waals surface area contributed by atoms with Crippen LogP contribution in [0.4, 0.5) is 0 Å². The van der Waals surface area contributed by atoms with E-state index in [1.165, 1.54) is 11.1 Å². The fourth-order valence-electron chi connectivity index (χ4n) is 4.93. The number of rotatable bonds is 2. The Balaban J connectivity index is 1.36. The number of hydrogen-bond acceptors (Lipinski definition) is 4. The van der Waals surface area contributed by atoms with Crippen LogP contribution in [0.3, 0.4) is 0 Å². The first-order valence-corrected chi connectivity index (χ1v) is 14.0. The van der Waals surface area contributed by atoms with Crippen molar-refractivity contribution in [3.8, 4) is 0 Å². The maximum absolute atomic E-state index is 13.3. The van der Waals surface area contributed by atoms with Gasteiger partial charge in [-0.2, -0.15) is 11.8 Å². The summed E-state index contributed by atoms with van der Waals surface area (Å²) in [5.74, 6) is 1.97. The van der Waals surface area contributed by atoms with E-state index in [4.69, 9.17) is 0 Å². The molecule has 3 atom stereocenters. The van der Waals surface area contributed by atoms with Crippen molar-refractivity contribution in [2.75, 3.05) is 0 Å². The molecular formula is C24H20O3S3. The first kappa shape index (κ1) is 18.8. The van der Waals surface area contributed by atoms with Crippen LogP contribution in [0.25, 0.3) is 0 Å². The Hall–Kier alpha value is -1.89. The third kappa shape index (κ3) is 2.77. The number of fused-ring (bicyclic) bond motifs is 3. The molecular weight excluding hydrogens is 432 g/mol. The zero-order valence-electron chi connectivity index (χ0n) is 16.2. The van der Waals surface area contributed by atoms with Gasteiger partial charge in [0.15, 0.2) is 9.84 Å². The molecule has 0 saturated carbocycles. The van der Waals surface area contributed by atoms with Gasteiger partial charge in [-0.3, -0.25) is 4.21 Å². The Morgan fingerprint density at radius 2 is 1.57 bits per heavy atom. The minimum absolute atomic E-state index is 0.105. The lowest BCUT2D eigenvalue weighted by Crippen LogP contribution is -2.08. The highest BCUT2D eigenvalue weighted by Crippen LogP contribution is 2.45. The van der Waals surface area contributed by atoms with E-state index >= 15 is 0 Å². The van der Waals surface area contributed by atoms with Crippen molar-refractivity contribution in [1.29, 1.82) is 0 Å². The van der Waals surface area contributed by atoms with Gasteiger partial charge in [-0.1, -0.05) is 48.5 Å². The van der Waals surface area contributed by atoms with Gasteiger partial charge in [0.1, 0.15) is 0 Å². The van der Waals surface area contributed by atoms with Crippen LogP contribution in [0.1, 0.15) is 43.9 Å². The van der Waals surface area contributed by atoms with Crippen LogP contribution < -0.4 is 0 Å². The Morgan fingerprint density at radius 3 is 2.43 bits per heavy atom. The molecule has 0 aliphatic carbocycles. The summed E-state index contributed by atoms with van der Waals surface area (Å²) in [4.78, 5) is 1.34. The number of benzene rings is 3. The second-order valence-electron chi connectivity index (χ2n) is 8.22. The highest BCUT2D eigenvalue weighted by Gasteiger charge is 2.39. The van der Waals surface area contributed by atoms with Crippen LogP contribution in [0.5, 0.6) is 0 Å². The minimum Gasteiger partial charge on any atom is -0.254 e. The normalized spacial score (nSPS) is 25.7. The summed E-state index contributed by atoms with van der Waals surface area (Å²) in [7, 11) is -4.51. The van der Waals surface area contributed by atoms with Gasteiger partial charge in [-0.15, -0.1) is 0 Å². The molecule has 3 aliphatic rings. The van der Waals surface area contributed by atoms with Crippen LogP contribution in [-0.2, 0) is 45.0 Å². The van der Waals surface area contributed by atoms with Gasteiger partial charge in [-0.05, 0) is 58.4 Å². The second-order valence-corrected chi connectivity index (χ2v) is 12.9. The maximum Gasteiger partial charge on any atom is 0.185 e. The predicted molar refractivity (Wildman–Crippen MR) is 121 cm³/mol. The molecule has 0 saturated heterocycles. The molecule has 0 aromatic heterocycles. The zero-order chi connectivity index (χ0) is 20.5. The van der Waals surface area contributed by atoms with Crippen LogP contribution in [0.15, 0.2) is 70.5 Å². The van der Waals surface area contributed by atoms with Gasteiger partial charge in [0.25, 0.3) is 0 Å². The van der Waals surface area contributed by atoms with E-state index in [1.807, 2.05) is 54.2 Å². The predicted octanol–water partition coefficient (Wildman–Crippen LogP) is 4.91. The van der Waals surface area contributed by atoms with Gasteiger partial charge in [0, 0.05) is 16.4 Å². The van der Waals surface area contributed by atoms with Gasteiger partial charge >= 0.3 is 0 Å². The summed E-state index contributed by atoms with van der Waals surface area (Å²) in [5.41, 5.74) is 6.45. The smallest absolute Gasteiger partial charge is 0.185 e. The Bertz CT molecular complexity index is 1330. The second kappa shape index (κ2) is 6.81. The average molecular weight is 453 g/mol. The van der Waals surface area contributed by atoms with E-state index in [-0.39, 0.29) is 5.25 Å². The summed E-state index contributed by atoms with van der Waals surface area (Å²) in [6, 6.07) is 19.6. The van der Waals surface area contributed by atoms with Crippen molar-refractivity contribution in [3.05, 3.63) is 94.0 Å². The number of hydrogen-bond donors (Lipinski definition) is 0. The van der Waals surface area contributed by atoms with E-state index in [0.29, 0.717) is 11.3 Å².